The van der Waals surface area contributed by atoms with Gasteiger partial charge in [-0.3, -0.25) is 0 Å². The predicted molar refractivity (Wildman–Crippen MR) is 66.3 cm³/mol. The second-order valence-electron chi connectivity index (χ2n) is 4.55. The van der Waals surface area contributed by atoms with Crippen LogP contribution in [0.5, 0.6) is 0 Å². The minimum Gasteiger partial charge on any atom is -0.383 e. The lowest BCUT2D eigenvalue weighted by atomic mass is 9.75. The van der Waals surface area contributed by atoms with E-state index in [4.69, 9.17) is 5.73 Å². The van der Waals surface area contributed by atoms with Gasteiger partial charge in [0.25, 0.3) is 0 Å². The molecule has 0 atom stereocenters. The van der Waals surface area contributed by atoms with Crippen LogP contribution in [-0.2, 0) is 6.42 Å². The molecule has 1 fully saturated rings. The first-order valence-electron chi connectivity index (χ1n) is 6.08. The molecule has 88 valence electrons. The van der Waals surface area contributed by atoms with Crippen LogP contribution in [-0.4, -0.2) is 15.5 Å². The fourth-order valence-electron chi connectivity index (χ4n) is 2.30. The third kappa shape index (κ3) is 1.84. The largest absolute Gasteiger partial charge is 0.383 e. The van der Waals surface area contributed by atoms with Gasteiger partial charge in [0.1, 0.15) is 18.0 Å². The molecule has 1 aliphatic rings. The smallest absolute Gasteiger partial charge is 0.135 e. The summed E-state index contributed by atoms with van der Waals surface area (Å²) in [5, 5.41) is 3.57. The Balaban J connectivity index is 2.23. The third-order valence-corrected chi connectivity index (χ3v) is 3.70. The Kier molecular flexibility index (Phi) is 2.99. The Morgan fingerprint density at radius 2 is 2.12 bits per heavy atom. The monoisotopic (exact) mass is 220 g/mol. The normalized spacial score (nSPS) is 17.9. The Bertz CT molecular complexity index is 366. The summed E-state index contributed by atoms with van der Waals surface area (Å²) in [6.45, 7) is 4.31. The lowest BCUT2D eigenvalue weighted by molar-refractivity contribution is 0.268. The van der Waals surface area contributed by atoms with Gasteiger partial charge in [0.05, 0.1) is 0 Å². The number of nitrogens with zero attached hydrogens (tertiary/aromatic N) is 2. The van der Waals surface area contributed by atoms with Gasteiger partial charge in [-0.15, -0.1) is 0 Å². The maximum Gasteiger partial charge on any atom is 0.135 e. The fraction of sp³-hybridized carbons (Fsp3) is 0.667. The van der Waals surface area contributed by atoms with Gasteiger partial charge < -0.3 is 11.1 Å². The Hall–Kier alpha value is -1.32. The van der Waals surface area contributed by atoms with Gasteiger partial charge in [0, 0.05) is 11.1 Å². The fourth-order valence-corrected chi connectivity index (χ4v) is 2.30. The van der Waals surface area contributed by atoms with E-state index in [1.54, 1.807) is 6.33 Å². The topological polar surface area (TPSA) is 63.8 Å². The Labute approximate surface area is 96.7 Å². The molecule has 1 aromatic heterocycles. The molecule has 3 N–H and O–H groups in total. The van der Waals surface area contributed by atoms with Crippen molar-refractivity contribution >= 4 is 11.6 Å². The zero-order chi connectivity index (χ0) is 11.6. The van der Waals surface area contributed by atoms with Crippen LogP contribution in [0.4, 0.5) is 11.6 Å². The van der Waals surface area contributed by atoms with E-state index in [1.807, 2.05) is 0 Å². The molecule has 4 nitrogen and oxygen atoms in total. The molecular formula is C12H20N4. The molecule has 1 aliphatic carbocycles. The van der Waals surface area contributed by atoms with Crippen molar-refractivity contribution in [3.63, 3.8) is 0 Å². The molecule has 16 heavy (non-hydrogen) atoms. The summed E-state index contributed by atoms with van der Waals surface area (Å²) in [4.78, 5) is 8.36. The molecule has 0 saturated heterocycles. The number of nitrogens with one attached hydrogen (secondary N) is 1. The van der Waals surface area contributed by atoms with Crippen LogP contribution in [0, 0.1) is 0 Å². The summed E-state index contributed by atoms with van der Waals surface area (Å²) in [7, 11) is 0. The van der Waals surface area contributed by atoms with E-state index < -0.39 is 0 Å². The summed E-state index contributed by atoms with van der Waals surface area (Å²) in [6.07, 6.45) is 7.32. The van der Waals surface area contributed by atoms with E-state index in [1.165, 1.54) is 19.3 Å². The maximum absolute atomic E-state index is 5.86. The average molecular weight is 220 g/mol. The number of nitrogens with two attached hydrogens (primary N) is 1. The molecule has 1 heterocycles. The highest BCUT2D eigenvalue weighted by Crippen LogP contribution is 2.38. The van der Waals surface area contributed by atoms with Crippen molar-refractivity contribution in [3.8, 4) is 0 Å². The lowest BCUT2D eigenvalue weighted by Gasteiger charge is -2.42. The first-order chi connectivity index (χ1) is 7.71. The van der Waals surface area contributed by atoms with Gasteiger partial charge in [-0.1, -0.05) is 13.8 Å². The average Bonchev–Trinajstić information content (AvgIpc) is 2.23. The van der Waals surface area contributed by atoms with Crippen molar-refractivity contribution in [2.24, 2.45) is 0 Å². The Morgan fingerprint density at radius 3 is 2.62 bits per heavy atom. The van der Waals surface area contributed by atoms with Crippen molar-refractivity contribution in [2.45, 2.75) is 51.5 Å². The molecule has 0 bridgehead atoms. The van der Waals surface area contributed by atoms with E-state index in [2.05, 4.69) is 29.1 Å². The number of anilines is 2. The van der Waals surface area contributed by atoms with Crippen LogP contribution in [0.15, 0.2) is 6.33 Å². The minimum atomic E-state index is 0.255. The van der Waals surface area contributed by atoms with Gasteiger partial charge in [-0.25, -0.2) is 9.97 Å². The van der Waals surface area contributed by atoms with Gasteiger partial charge >= 0.3 is 0 Å². The molecule has 0 aromatic carbocycles. The van der Waals surface area contributed by atoms with Crippen LogP contribution in [0.3, 0.4) is 0 Å². The van der Waals surface area contributed by atoms with Crippen molar-refractivity contribution < 1.29 is 0 Å². The van der Waals surface area contributed by atoms with E-state index in [0.717, 1.165) is 24.2 Å². The van der Waals surface area contributed by atoms with Crippen LogP contribution >= 0.6 is 0 Å². The number of aromatic nitrogens is 2. The number of hydrogen-bond donors (Lipinski definition) is 2. The van der Waals surface area contributed by atoms with Crippen LogP contribution in [0.2, 0.25) is 0 Å². The highest BCUT2D eigenvalue weighted by molar-refractivity contribution is 5.56. The van der Waals surface area contributed by atoms with Crippen molar-refractivity contribution in [2.75, 3.05) is 11.1 Å². The summed E-state index contributed by atoms with van der Waals surface area (Å²) < 4.78 is 0. The molecule has 0 aliphatic heterocycles. The van der Waals surface area contributed by atoms with Gasteiger partial charge in [-0.2, -0.15) is 0 Å². The SMILES string of the molecule is CCc1c(N)ncnc1NC1(CC)CCC1. The molecule has 0 amide bonds. The Morgan fingerprint density at radius 1 is 1.38 bits per heavy atom. The van der Waals surface area contributed by atoms with Gasteiger partial charge in [0.15, 0.2) is 0 Å². The van der Waals surface area contributed by atoms with Crippen LogP contribution < -0.4 is 11.1 Å². The number of rotatable bonds is 4. The van der Waals surface area contributed by atoms with E-state index in [9.17, 15) is 0 Å². The number of nitrogen functional groups attached to an aromatic ring is 1. The molecule has 1 saturated carbocycles. The zero-order valence-electron chi connectivity index (χ0n) is 10.1. The molecule has 2 rings (SSSR count). The molecule has 0 spiro atoms. The minimum absolute atomic E-state index is 0.255. The summed E-state index contributed by atoms with van der Waals surface area (Å²) >= 11 is 0. The van der Waals surface area contributed by atoms with Crippen molar-refractivity contribution in [1.82, 2.24) is 9.97 Å². The first kappa shape index (κ1) is 11.2. The van der Waals surface area contributed by atoms with Crippen LogP contribution in [0.25, 0.3) is 0 Å². The van der Waals surface area contributed by atoms with E-state index >= 15 is 0 Å². The second-order valence-corrected chi connectivity index (χ2v) is 4.55. The zero-order valence-corrected chi connectivity index (χ0v) is 10.1. The highest BCUT2D eigenvalue weighted by atomic mass is 15.1. The van der Waals surface area contributed by atoms with Crippen LogP contribution in [0.1, 0.15) is 45.1 Å². The second kappa shape index (κ2) is 4.28. The van der Waals surface area contributed by atoms with Gasteiger partial charge in [-0.05, 0) is 32.1 Å². The highest BCUT2D eigenvalue weighted by Gasteiger charge is 2.35. The van der Waals surface area contributed by atoms with Crippen molar-refractivity contribution in [3.05, 3.63) is 11.9 Å². The lowest BCUT2D eigenvalue weighted by Crippen LogP contribution is -2.44. The van der Waals surface area contributed by atoms with Crippen molar-refractivity contribution in [1.29, 1.82) is 0 Å². The maximum atomic E-state index is 5.86. The predicted octanol–water partition coefficient (Wildman–Crippen LogP) is 2.37. The standard InChI is InChI=1S/C12H20N4/c1-3-9-10(13)14-8-15-11(9)16-12(4-2)6-5-7-12/h8H,3-7H2,1-2H3,(H3,13,14,15,16). The first-order valence-corrected chi connectivity index (χ1v) is 6.08. The number of hydrogen-bond acceptors (Lipinski definition) is 4. The van der Waals surface area contributed by atoms with Gasteiger partial charge in [0.2, 0.25) is 0 Å². The summed E-state index contributed by atoms with van der Waals surface area (Å²) in [6, 6.07) is 0. The molecular weight excluding hydrogens is 200 g/mol. The molecule has 1 aromatic rings. The molecule has 0 unspecified atom stereocenters. The molecule has 4 heteroatoms. The van der Waals surface area contributed by atoms with E-state index in [-0.39, 0.29) is 5.54 Å². The quantitative estimate of drug-likeness (QED) is 0.817. The third-order valence-electron chi connectivity index (χ3n) is 3.70. The summed E-state index contributed by atoms with van der Waals surface area (Å²) in [5.74, 6) is 1.53. The van der Waals surface area contributed by atoms with E-state index in [0.29, 0.717) is 5.82 Å². The summed E-state index contributed by atoms with van der Waals surface area (Å²) in [5.41, 5.74) is 7.16. The molecule has 0 radical (unpaired) electrons.